The van der Waals surface area contributed by atoms with E-state index >= 15 is 0 Å². The molecule has 160 valence electrons. The van der Waals surface area contributed by atoms with E-state index in [9.17, 15) is 19.8 Å². The van der Waals surface area contributed by atoms with Gasteiger partial charge in [0.1, 0.15) is 0 Å². The third kappa shape index (κ3) is 4.14. The fourth-order valence-electron chi connectivity index (χ4n) is 6.27. The van der Waals surface area contributed by atoms with Crippen LogP contribution in [0.4, 0.5) is 0 Å². The third-order valence-electron chi connectivity index (χ3n) is 7.89. The van der Waals surface area contributed by atoms with Crippen molar-refractivity contribution in [2.75, 3.05) is 0 Å². The number of aliphatic hydroxyl groups is 1. The lowest BCUT2D eigenvalue weighted by Crippen LogP contribution is -2.38. The Labute approximate surface area is 174 Å². The van der Waals surface area contributed by atoms with Crippen LogP contribution < -0.4 is 0 Å². The molecular formula is C25H36O4. The molecule has 0 radical (unpaired) electrons. The third-order valence-corrected chi connectivity index (χ3v) is 7.89. The van der Waals surface area contributed by atoms with E-state index in [1.165, 1.54) is 5.57 Å². The van der Waals surface area contributed by atoms with Crippen LogP contribution >= 0.6 is 0 Å². The van der Waals surface area contributed by atoms with Crippen LogP contribution in [-0.2, 0) is 9.59 Å². The molecule has 4 nitrogen and oxygen atoms in total. The summed E-state index contributed by atoms with van der Waals surface area (Å²) in [7, 11) is 0. The number of aliphatic carboxylic acids is 1. The standard InChI is InChI=1S/C25H36O4/c1-14(2)7-6-8-15(3)17-9-10-25(5)13-18-16(4)11-20(26)22(18)23(24(28)29)21(27)12-19(17)25/h7,11,15,17-19,21,27H,6,8-10,12-13H2,1-5H3,(H,28,29)/b23-22-/t15-,17+,18+,19-,21-,25+/m0/s1. The van der Waals surface area contributed by atoms with Crippen molar-refractivity contribution in [3.8, 4) is 0 Å². The molecule has 1 saturated carbocycles. The first-order valence-electron chi connectivity index (χ1n) is 11.1. The van der Waals surface area contributed by atoms with Gasteiger partial charge in [0.05, 0.1) is 11.7 Å². The van der Waals surface area contributed by atoms with E-state index in [-0.39, 0.29) is 28.6 Å². The van der Waals surface area contributed by atoms with E-state index in [0.29, 0.717) is 23.8 Å². The molecule has 0 aromatic carbocycles. The number of carbonyl (C=O) groups excluding carboxylic acids is 1. The lowest BCUT2D eigenvalue weighted by atomic mass is 9.63. The maximum Gasteiger partial charge on any atom is 0.334 e. The minimum atomic E-state index is -1.15. The van der Waals surface area contributed by atoms with Crippen molar-refractivity contribution in [1.82, 2.24) is 0 Å². The highest BCUT2D eigenvalue weighted by molar-refractivity contribution is 6.12. The van der Waals surface area contributed by atoms with Crippen molar-refractivity contribution >= 4 is 11.8 Å². The first-order chi connectivity index (χ1) is 13.5. The molecule has 6 atom stereocenters. The Kier molecular flexibility index (Phi) is 6.24. The normalized spacial score (nSPS) is 37.9. The maximum atomic E-state index is 12.6. The Hall–Kier alpha value is -1.68. The Morgan fingerprint density at radius 2 is 2.07 bits per heavy atom. The van der Waals surface area contributed by atoms with Gasteiger partial charge in [0.2, 0.25) is 0 Å². The summed E-state index contributed by atoms with van der Waals surface area (Å²) in [6, 6.07) is 0. The average Bonchev–Trinajstić information content (AvgIpc) is 3.04. The summed E-state index contributed by atoms with van der Waals surface area (Å²) in [5.74, 6) is -0.255. The van der Waals surface area contributed by atoms with Crippen LogP contribution in [0.2, 0.25) is 0 Å². The number of aliphatic hydroxyl groups excluding tert-OH is 1. The summed E-state index contributed by atoms with van der Waals surface area (Å²) in [4.78, 5) is 24.6. The summed E-state index contributed by atoms with van der Waals surface area (Å²) in [6.07, 6.45) is 8.41. The smallest absolute Gasteiger partial charge is 0.334 e. The molecule has 0 aliphatic heterocycles. The van der Waals surface area contributed by atoms with Crippen molar-refractivity contribution in [3.63, 3.8) is 0 Å². The van der Waals surface area contributed by atoms with Gasteiger partial charge in [0, 0.05) is 11.5 Å². The monoisotopic (exact) mass is 400 g/mol. The van der Waals surface area contributed by atoms with Crippen LogP contribution in [0.1, 0.15) is 73.1 Å². The van der Waals surface area contributed by atoms with Crippen LogP contribution in [0.3, 0.4) is 0 Å². The zero-order valence-electron chi connectivity index (χ0n) is 18.5. The molecule has 29 heavy (non-hydrogen) atoms. The van der Waals surface area contributed by atoms with Crippen LogP contribution in [0.5, 0.6) is 0 Å². The molecule has 0 aromatic heterocycles. The number of carboxylic acids is 1. The van der Waals surface area contributed by atoms with Gasteiger partial charge in [-0.05, 0) is 88.5 Å². The van der Waals surface area contributed by atoms with Crippen LogP contribution in [-0.4, -0.2) is 28.1 Å². The fourth-order valence-corrected chi connectivity index (χ4v) is 6.27. The molecule has 1 fully saturated rings. The predicted octanol–water partition coefficient (Wildman–Crippen LogP) is 5.08. The maximum absolute atomic E-state index is 12.6. The number of ketones is 1. The number of hydrogen-bond donors (Lipinski definition) is 2. The molecule has 0 saturated heterocycles. The zero-order valence-corrected chi connectivity index (χ0v) is 18.5. The molecule has 3 aliphatic rings. The highest BCUT2D eigenvalue weighted by atomic mass is 16.4. The Balaban J connectivity index is 1.93. The van der Waals surface area contributed by atoms with E-state index in [1.54, 1.807) is 6.08 Å². The molecule has 4 heteroatoms. The summed E-state index contributed by atoms with van der Waals surface area (Å²) >= 11 is 0. The molecule has 0 bridgehead atoms. The van der Waals surface area contributed by atoms with Crippen molar-refractivity contribution in [2.24, 2.45) is 29.1 Å². The van der Waals surface area contributed by atoms with E-state index in [1.807, 2.05) is 6.92 Å². The second kappa shape index (κ2) is 8.22. The van der Waals surface area contributed by atoms with Crippen LogP contribution in [0, 0.1) is 29.1 Å². The van der Waals surface area contributed by atoms with Gasteiger partial charge >= 0.3 is 5.97 Å². The minimum Gasteiger partial charge on any atom is -0.478 e. The number of allylic oxidation sites excluding steroid dienone is 5. The van der Waals surface area contributed by atoms with Crippen LogP contribution in [0.25, 0.3) is 0 Å². The van der Waals surface area contributed by atoms with Crippen LogP contribution in [0.15, 0.2) is 34.4 Å². The fraction of sp³-hybridized carbons (Fsp3) is 0.680. The van der Waals surface area contributed by atoms with Crippen molar-refractivity contribution < 1.29 is 19.8 Å². The largest absolute Gasteiger partial charge is 0.478 e. The highest BCUT2D eigenvalue weighted by Crippen LogP contribution is 2.58. The van der Waals surface area contributed by atoms with Gasteiger partial charge in [-0.15, -0.1) is 0 Å². The van der Waals surface area contributed by atoms with Gasteiger partial charge in [0.15, 0.2) is 5.78 Å². The number of hydrogen-bond acceptors (Lipinski definition) is 3. The van der Waals surface area contributed by atoms with Crippen molar-refractivity contribution in [1.29, 1.82) is 0 Å². The molecule has 0 spiro atoms. The number of fused-ring (bicyclic) bond motifs is 2. The van der Waals surface area contributed by atoms with Gasteiger partial charge in [0.25, 0.3) is 0 Å². The van der Waals surface area contributed by atoms with Gasteiger partial charge in [-0.1, -0.05) is 31.1 Å². The Morgan fingerprint density at radius 3 is 2.69 bits per heavy atom. The van der Waals surface area contributed by atoms with Gasteiger partial charge in [-0.3, -0.25) is 4.79 Å². The second-order valence-electron chi connectivity index (χ2n) is 10.2. The molecule has 0 heterocycles. The molecule has 0 unspecified atom stereocenters. The lowest BCUT2D eigenvalue weighted by molar-refractivity contribution is -0.134. The number of rotatable bonds is 5. The van der Waals surface area contributed by atoms with Gasteiger partial charge < -0.3 is 10.2 Å². The van der Waals surface area contributed by atoms with E-state index < -0.39 is 12.1 Å². The number of carbonyl (C=O) groups is 2. The minimum absolute atomic E-state index is 0.0239. The number of carboxylic acid groups (broad SMARTS) is 1. The first kappa shape index (κ1) is 22.0. The Bertz CT molecular complexity index is 783. The van der Waals surface area contributed by atoms with Crippen molar-refractivity contribution in [3.05, 3.63) is 34.4 Å². The van der Waals surface area contributed by atoms with E-state index in [4.69, 9.17) is 0 Å². The SMILES string of the molecule is CC(C)=CCC[C@H](C)[C@H]1CC[C@]2(C)C[C@@H]3C(C)=CC(=O)/C3=C(\C(=O)O)[C@@H](O)C[C@@H]12. The summed E-state index contributed by atoms with van der Waals surface area (Å²) in [5.41, 5.74) is 2.58. The summed E-state index contributed by atoms with van der Waals surface area (Å²) in [6.45, 7) is 10.8. The van der Waals surface area contributed by atoms with Gasteiger partial charge in [-0.2, -0.15) is 0 Å². The van der Waals surface area contributed by atoms with Crippen molar-refractivity contribution in [2.45, 2.75) is 79.2 Å². The molecule has 0 amide bonds. The van der Waals surface area contributed by atoms with E-state index in [0.717, 1.165) is 37.7 Å². The summed E-state index contributed by atoms with van der Waals surface area (Å²) < 4.78 is 0. The molecule has 3 aliphatic carbocycles. The van der Waals surface area contributed by atoms with E-state index in [2.05, 4.69) is 33.8 Å². The quantitative estimate of drug-likeness (QED) is 0.631. The first-order valence-corrected chi connectivity index (χ1v) is 11.1. The second-order valence-corrected chi connectivity index (χ2v) is 10.2. The average molecular weight is 401 g/mol. The molecule has 3 rings (SSSR count). The topological polar surface area (TPSA) is 74.6 Å². The highest BCUT2D eigenvalue weighted by Gasteiger charge is 2.52. The lowest BCUT2D eigenvalue weighted by Gasteiger charge is -2.41. The zero-order chi connectivity index (χ0) is 21.5. The summed E-state index contributed by atoms with van der Waals surface area (Å²) in [5, 5.41) is 20.8. The predicted molar refractivity (Wildman–Crippen MR) is 114 cm³/mol. The molecule has 2 N–H and O–H groups in total. The molecular weight excluding hydrogens is 364 g/mol. The Morgan fingerprint density at radius 1 is 1.38 bits per heavy atom. The molecule has 0 aromatic rings. The van der Waals surface area contributed by atoms with Gasteiger partial charge in [-0.25, -0.2) is 4.79 Å².